The summed E-state index contributed by atoms with van der Waals surface area (Å²) in [6.45, 7) is 8.07. The fraction of sp³-hybridized carbons (Fsp3) is 1.00. The van der Waals surface area contributed by atoms with Crippen molar-refractivity contribution in [1.82, 2.24) is 0 Å². The molecule has 2 heterocycles. The van der Waals surface area contributed by atoms with Crippen LogP contribution in [-0.4, -0.2) is 47.7 Å². The summed E-state index contributed by atoms with van der Waals surface area (Å²) in [4.78, 5) is 0. The average molecular weight is 258 g/mol. The molecule has 3 aliphatic rings. The van der Waals surface area contributed by atoms with Crippen molar-refractivity contribution in [2.24, 2.45) is 5.92 Å². The van der Waals surface area contributed by atoms with Gasteiger partial charge in [0.05, 0.1) is 24.9 Å². The summed E-state index contributed by atoms with van der Waals surface area (Å²) in [5.41, 5.74) is 0. The third-order valence-corrected chi connectivity index (χ3v) is 4.01. The number of aliphatic hydroxyl groups excluding tert-OH is 1. The zero-order valence-corrected chi connectivity index (χ0v) is 11.4. The lowest BCUT2D eigenvalue weighted by molar-refractivity contribution is -0.180. The lowest BCUT2D eigenvalue weighted by Crippen LogP contribution is -2.38. The Hall–Kier alpha value is -0.200. The summed E-state index contributed by atoms with van der Waals surface area (Å²) in [5.74, 6) is -1.12. The van der Waals surface area contributed by atoms with E-state index in [-0.39, 0.29) is 24.2 Å². The summed E-state index contributed by atoms with van der Waals surface area (Å²) in [6, 6.07) is 0. The van der Waals surface area contributed by atoms with Gasteiger partial charge in [-0.2, -0.15) is 0 Å². The van der Waals surface area contributed by atoms with E-state index in [0.29, 0.717) is 6.61 Å². The van der Waals surface area contributed by atoms with E-state index in [4.69, 9.17) is 18.9 Å². The molecule has 0 aromatic carbocycles. The first kappa shape index (κ1) is 12.8. The van der Waals surface area contributed by atoms with Crippen LogP contribution in [0.5, 0.6) is 0 Å². The van der Waals surface area contributed by atoms with Crippen molar-refractivity contribution in [2.45, 2.75) is 70.1 Å². The SMILES string of the molecule is CC1(C)OCC(C2CC3OC(C)(C)OC3C2O)O1. The molecule has 2 aliphatic heterocycles. The van der Waals surface area contributed by atoms with Gasteiger partial charge in [0.15, 0.2) is 11.6 Å². The Balaban J connectivity index is 1.68. The minimum atomic E-state index is -0.590. The second-order valence-corrected chi connectivity index (χ2v) is 6.40. The Bertz CT molecular complexity index is 340. The summed E-state index contributed by atoms with van der Waals surface area (Å²) in [5, 5.41) is 10.4. The predicted molar refractivity (Wildman–Crippen MR) is 62.8 cm³/mol. The van der Waals surface area contributed by atoms with Gasteiger partial charge in [-0.25, -0.2) is 0 Å². The molecule has 5 atom stereocenters. The highest BCUT2D eigenvalue weighted by Crippen LogP contribution is 2.44. The van der Waals surface area contributed by atoms with Gasteiger partial charge in [0.1, 0.15) is 6.10 Å². The minimum Gasteiger partial charge on any atom is -0.390 e. The van der Waals surface area contributed by atoms with Crippen molar-refractivity contribution in [3.05, 3.63) is 0 Å². The van der Waals surface area contributed by atoms with E-state index in [1.165, 1.54) is 0 Å². The molecule has 0 spiro atoms. The van der Waals surface area contributed by atoms with Crippen LogP contribution >= 0.6 is 0 Å². The van der Waals surface area contributed by atoms with E-state index in [9.17, 15) is 5.11 Å². The number of rotatable bonds is 1. The Labute approximate surface area is 107 Å². The summed E-state index contributed by atoms with van der Waals surface area (Å²) in [6.07, 6.45) is -0.126. The molecule has 18 heavy (non-hydrogen) atoms. The lowest BCUT2D eigenvalue weighted by atomic mass is 9.98. The molecule has 5 unspecified atom stereocenters. The molecule has 2 saturated heterocycles. The van der Waals surface area contributed by atoms with Gasteiger partial charge in [-0.1, -0.05) is 0 Å². The van der Waals surface area contributed by atoms with Crippen molar-refractivity contribution in [3.8, 4) is 0 Å². The van der Waals surface area contributed by atoms with E-state index >= 15 is 0 Å². The molecule has 1 N–H and O–H groups in total. The molecule has 3 rings (SSSR count). The van der Waals surface area contributed by atoms with Crippen LogP contribution < -0.4 is 0 Å². The quantitative estimate of drug-likeness (QED) is 0.761. The summed E-state index contributed by atoms with van der Waals surface area (Å²) < 4.78 is 23.0. The normalized spacial score (nSPS) is 49.5. The summed E-state index contributed by atoms with van der Waals surface area (Å²) in [7, 11) is 0. The third kappa shape index (κ3) is 2.08. The number of fused-ring (bicyclic) bond motifs is 1. The number of aliphatic hydroxyl groups is 1. The second kappa shape index (κ2) is 3.90. The van der Waals surface area contributed by atoms with E-state index in [0.717, 1.165) is 6.42 Å². The zero-order valence-electron chi connectivity index (χ0n) is 11.4. The number of ether oxygens (including phenoxy) is 4. The van der Waals surface area contributed by atoms with Gasteiger partial charge in [-0.05, 0) is 34.1 Å². The van der Waals surface area contributed by atoms with Crippen LogP contribution in [0.2, 0.25) is 0 Å². The highest BCUT2D eigenvalue weighted by atomic mass is 16.8. The van der Waals surface area contributed by atoms with Crippen LogP contribution in [0.4, 0.5) is 0 Å². The molecule has 0 aromatic heterocycles. The van der Waals surface area contributed by atoms with Crippen LogP contribution in [0, 0.1) is 5.92 Å². The van der Waals surface area contributed by atoms with Crippen molar-refractivity contribution < 1.29 is 24.1 Å². The molecule has 3 fully saturated rings. The molecule has 0 radical (unpaired) electrons. The summed E-state index contributed by atoms with van der Waals surface area (Å²) >= 11 is 0. The first-order valence-electron chi connectivity index (χ1n) is 6.63. The van der Waals surface area contributed by atoms with E-state index in [2.05, 4.69) is 0 Å². The van der Waals surface area contributed by atoms with Gasteiger partial charge < -0.3 is 24.1 Å². The Morgan fingerprint density at radius 3 is 2.17 bits per heavy atom. The Morgan fingerprint density at radius 2 is 1.61 bits per heavy atom. The van der Waals surface area contributed by atoms with E-state index in [1.807, 2.05) is 27.7 Å². The van der Waals surface area contributed by atoms with Gasteiger partial charge in [-0.15, -0.1) is 0 Å². The molecule has 5 nitrogen and oxygen atoms in total. The molecule has 0 bridgehead atoms. The average Bonchev–Trinajstić information content (AvgIpc) is 2.81. The molecular weight excluding hydrogens is 236 g/mol. The van der Waals surface area contributed by atoms with Gasteiger partial charge in [0.25, 0.3) is 0 Å². The predicted octanol–water partition coefficient (Wildman–Crippen LogP) is 1.04. The molecule has 5 heteroatoms. The molecular formula is C13H22O5. The standard InChI is InChI=1S/C13H22O5/c1-12(2)15-6-9(17-12)7-5-8-11(10(7)14)18-13(3,4)16-8/h7-11,14H,5-6H2,1-4H3. The van der Waals surface area contributed by atoms with Crippen molar-refractivity contribution in [3.63, 3.8) is 0 Å². The zero-order chi connectivity index (χ0) is 13.1. The number of hydrogen-bond donors (Lipinski definition) is 1. The lowest BCUT2D eigenvalue weighted by Gasteiger charge is -2.27. The fourth-order valence-electron chi connectivity index (χ4n) is 3.28. The number of hydrogen-bond acceptors (Lipinski definition) is 5. The molecule has 0 amide bonds. The van der Waals surface area contributed by atoms with Crippen LogP contribution in [0.3, 0.4) is 0 Å². The van der Waals surface area contributed by atoms with Crippen LogP contribution in [-0.2, 0) is 18.9 Å². The molecule has 1 saturated carbocycles. The van der Waals surface area contributed by atoms with Crippen molar-refractivity contribution in [2.75, 3.05) is 6.61 Å². The Kier molecular flexibility index (Phi) is 2.78. The smallest absolute Gasteiger partial charge is 0.163 e. The first-order valence-corrected chi connectivity index (χ1v) is 6.63. The maximum Gasteiger partial charge on any atom is 0.163 e. The minimum absolute atomic E-state index is 0.0258. The van der Waals surface area contributed by atoms with Crippen LogP contribution in [0.15, 0.2) is 0 Å². The highest BCUT2D eigenvalue weighted by Gasteiger charge is 2.56. The first-order chi connectivity index (χ1) is 8.27. The molecule has 1 aliphatic carbocycles. The van der Waals surface area contributed by atoms with Crippen LogP contribution in [0.1, 0.15) is 34.1 Å². The van der Waals surface area contributed by atoms with Gasteiger partial charge >= 0.3 is 0 Å². The van der Waals surface area contributed by atoms with Crippen LogP contribution in [0.25, 0.3) is 0 Å². The largest absolute Gasteiger partial charge is 0.390 e. The Morgan fingerprint density at radius 1 is 0.944 bits per heavy atom. The molecule has 104 valence electrons. The van der Waals surface area contributed by atoms with Crippen molar-refractivity contribution in [1.29, 1.82) is 0 Å². The van der Waals surface area contributed by atoms with Gasteiger partial charge in [-0.3, -0.25) is 0 Å². The van der Waals surface area contributed by atoms with Crippen molar-refractivity contribution >= 4 is 0 Å². The maximum atomic E-state index is 10.4. The fourth-order valence-corrected chi connectivity index (χ4v) is 3.28. The van der Waals surface area contributed by atoms with E-state index < -0.39 is 17.7 Å². The molecule has 0 aromatic rings. The monoisotopic (exact) mass is 258 g/mol. The second-order valence-electron chi connectivity index (χ2n) is 6.40. The van der Waals surface area contributed by atoms with Gasteiger partial charge in [0.2, 0.25) is 0 Å². The highest BCUT2D eigenvalue weighted by molar-refractivity contribution is 5.01. The maximum absolute atomic E-state index is 10.4. The van der Waals surface area contributed by atoms with Gasteiger partial charge in [0, 0.05) is 5.92 Å². The third-order valence-electron chi connectivity index (χ3n) is 4.01. The topological polar surface area (TPSA) is 57.2 Å². The van der Waals surface area contributed by atoms with E-state index in [1.54, 1.807) is 0 Å².